The summed E-state index contributed by atoms with van der Waals surface area (Å²) < 4.78 is 13.9. The average Bonchev–Trinajstić information content (AvgIpc) is 3.14. The van der Waals surface area contributed by atoms with Gasteiger partial charge in [0, 0.05) is 5.69 Å². The Kier molecular flexibility index (Phi) is 6.21. The highest BCUT2D eigenvalue weighted by Gasteiger charge is 2.44. The molecule has 1 aliphatic carbocycles. The second-order valence-corrected chi connectivity index (χ2v) is 10.7. The van der Waals surface area contributed by atoms with Crippen molar-refractivity contribution in [3.05, 3.63) is 52.5 Å². The number of fused-ring (bicyclic) bond motifs is 2. The van der Waals surface area contributed by atoms with Crippen molar-refractivity contribution in [1.29, 1.82) is 0 Å². The van der Waals surface area contributed by atoms with Crippen LogP contribution in [0.15, 0.2) is 36.7 Å². The smallest absolute Gasteiger partial charge is 0.411 e. The Morgan fingerprint density at radius 1 is 1.12 bits per heavy atom. The number of morpholine rings is 1. The number of aromatic nitrogens is 3. The monoisotopic (exact) mass is 502 g/mol. The molecule has 180 valence electrons. The molecule has 0 spiro atoms. The third kappa shape index (κ3) is 4.37. The highest BCUT2D eigenvalue weighted by Crippen LogP contribution is 2.38. The number of rotatable bonds is 2. The van der Waals surface area contributed by atoms with Crippen LogP contribution in [-0.4, -0.2) is 49.9 Å². The molecule has 0 bridgehead atoms. The first-order valence-electron chi connectivity index (χ1n) is 11.6. The van der Waals surface area contributed by atoms with Crippen LogP contribution in [0, 0.1) is 0 Å². The van der Waals surface area contributed by atoms with E-state index in [2.05, 4.69) is 9.97 Å². The van der Waals surface area contributed by atoms with Crippen LogP contribution in [0.4, 0.5) is 4.79 Å². The van der Waals surface area contributed by atoms with Crippen LogP contribution in [-0.2, 0) is 9.47 Å². The predicted molar refractivity (Wildman–Crippen MR) is 132 cm³/mol. The zero-order valence-corrected chi connectivity index (χ0v) is 21.0. The maximum absolute atomic E-state index is 13.3. The lowest BCUT2D eigenvalue weighted by molar-refractivity contribution is -0.118. The number of halogens is 2. The molecule has 3 aromatic rings. The fourth-order valence-corrected chi connectivity index (χ4v) is 5.46. The van der Waals surface area contributed by atoms with Crippen LogP contribution in [0.1, 0.15) is 58.1 Å². The molecule has 9 heteroatoms. The molecule has 1 amide bonds. The molecule has 7 nitrogen and oxygen atoms in total. The van der Waals surface area contributed by atoms with Gasteiger partial charge in [0.05, 0.1) is 30.2 Å². The van der Waals surface area contributed by atoms with Gasteiger partial charge >= 0.3 is 6.09 Å². The van der Waals surface area contributed by atoms with Crippen molar-refractivity contribution in [2.24, 2.45) is 0 Å². The highest BCUT2D eigenvalue weighted by atomic mass is 35.5. The van der Waals surface area contributed by atoms with E-state index in [4.69, 9.17) is 32.7 Å². The van der Waals surface area contributed by atoms with E-state index in [0.29, 0.717) is 27.9 Å². The lowest BCUT2D eigenvalue weighted by Gasteiger charge is -2.48. The van der Waals surface area contributed by atoms with Gasteiger partial charge in [-0.2, -0.15) is 0 Å². The number of carbonyl (C=O) groups is 1. The van der Waals surface area contributed by atoms with Crippen LogP contribution >= 0.6 is 23.2 Å². The minimum absolute atomic E-state index is 0.0173. The molecule has 3 unspecified atom stereocenters. The number of ether oxygens (including phenoxy) is 2. The van der Waals surface area contributed by atoms with Crippen molar-refractivity contribution in [1.82, 2.24) is 19.4 Å². The number of hydrogen-bond donors (Lipinski definition) is 0. The van der Waals surface area contributed by atoms with Gasteiger partial charge in [0.2, 0.25) is 0 Å². The topological polar surface area (TPSA) is 69.5 Å². The first-order chi connectivity index (χ1) is 16.2. The van der Waals surface area contributed by atoms with Crippen LogP contribution in [0.2, 0.25) is 10.3 Å². The van der Waals surface area contributed by atoms with E-state index in [1.807, 2.05) is 54.5 Å². The van der Waals surface area contributed by atoms with Gasteiger partial charge in [-0.15, -0.1) is 0 Å². The minimum Gasteiger partial charge on any atom is -0.444 e. The Morgan fingerprint density at radius 2 is 1.85 bits per heavy atom. The zero-order valence-electron chi connectivity index (χ0n) is 19.5. The molecular formula is C25H28Cl2N4O3. The van der Waals surface area contributed by atoms with Crippen LogP contribution < -0.4 is 0 Å². The molecule has 1 saturated carbocycles. The van der Waals surface area contributed by atoms with Crippen molar-refractivity contribution in [3.63, 3.8) is 0 Å². The van der Waals surface area contributed by atoms with Gasteiger partial charge in [-0.1, -0.05) is 48.2 Å². The van der Waals surface area contributed by atoms with E-state index in [0.717, 1.165) is 36.9 Å². The van der Waals surface area contributed by atoms with Crippen LogP contribution in [0.3, 0.4) is 0 Å². The second-order valence-electron chi connectivity index (χ2n) is 9.92. The summed E-state index contributed by atoms with van der Waals surface area (Å²) >= 11 is 12.7. The van der Waals surface area contributed by atoms with Gasteiger partial charge in [0.1, 0.15) is 22.2 Å². The zero-order chi connectivity index (χ0) is 24.0. The summed E-state index contributed by atoms with van der Waals surface area (Å²) in [6, 6.07) is 9.51. The third-order valence-electron chi connectivity index (χ3n) is 6.47. The number of benzene rings is 1. The van der Waals surface area contributed by atoms with Gasteiger partial charge in [-0.05, 0) is 57.4 Å². The quantitative estimate of drug-likeness (QED) is 0.382. The molecule has 3 heterocycles. The van der Waals surface area contributed by atoms with Crippen molar-refractivity contribution in [3.8, 4) is 5.69 Å². The predicted octanol–water partition coefficient (Wildman–Crippen LogP) is 6.35. The third-order valence-corrected chi connectivity index (χ3v) is 7.05. The normalized spacial score (nSPS) is 23.1. The molecule has 3 atom stereocenters. The van der Waals surface area contributed by atoms with Crippen molar-refractivity contribution < 1.29 is 14.3 Å². The molecule has 1 aromatic carbocycles. The van der Waals surface area contributed by atoms with Crippen LogP contribution in [0.25, 0.3) is 16.7 Å². The van der Waals surface area contributed by atoms with Gasteiger partial charge in [0.25, 0.3) is 0 Å². The van der Waals surface area contributed by atoms with E-state index in [-0.39, 0.29) is 24.3 Å². The first-order valence-corrected chi connectivity index (χ1v) is 12.4. The Morgan fingerprint density at radius 3 is 2.59 bits per heavy atom. The lowest BCUT2D eigenvalue weighted by Crippen LogP contribution is -2.57. The van der Waals surface area contributed by atoms with Gasteiger partial charge in [-0.25, -0.2) is 14.8 Å². The van der Waals surface area contributed by atoms with Gasteiger partial charge in [0.15, 0.2) is 5.65 Å². The molecule has 0 radical (unpaired) electrons. The largest absolute Gasteiger partial charge is 0.444 e. The van der Waals surface area contributed by atoms with Crippen molar-refractivity contribution in [2.75, 3.05) is 6.61 Å². The Bertz CT molecular complexity index is 1210. The number of amides is 1. The summed E-state index contributed by atoms with van der Waals surface area (Å²) in [7, 11) is 0. The second kappa shape index (κ2) is 9.02. The van der Waals surface area contributed by atoms with Crippen LogP contribution in [0.5, 0.6) is 0 Å². The molecule has 1 aliphatic heterocycles. The molecule has 2 aliphatic rings. The summed E-state index contributed by atoms with van der Waals surface area (Å²) in [4.78, 5) is 23.6. The first kappa shape index (κ1) is 23.4. The lowest BCUT2D eigenvalue weighted by atomic mass is 9.88. The molecule has 2 fully saturated rings. The SMILES string of the molecule is CC(C)(C)OC(=O)N1C(c2ccc(-n3c(Cl)cc4c(Cl)ncnc43)cc2)COC2CCCCC21. The van der Waals surface area contributed by atoms with Gasteiger partial charge < -0.3 is 9.47 Å². The summed E-state index contributed by atoms with van der Waals surface area (Å²) in [5, 5.41) is 1.54. The summed E-state index contributed by atoms with van der Waals surface area (Å²) in [5.41, 5.74) is 1.90. The summed E-state index contributed by atoms with van der Waals surface area (Å²) in [5.74, 6) is 0. The minimum atomic E-state index is -0.566. The average molecular weight is 503 g/mol. The van der Waals surface area contributed by atoms with E-state index >= 15 is 0 Å². The van der Waals surface area contributed by atoms with Gasteiger partial charge in [-0.3, -0.25) is 9.47 Å². The fourth-order valence-electron chi connectivity index (χ4n) is 4.99. The van der Waals surface area contributed by atoms with E-state index in [1.165, 1.54) is 6.33 Å². The van der Waals surface area contributed by atoms with E-state index in [1.54, 1.807) is 6.07 Å². The molecule has 0 N–H and O–H groups in total. The Labute approximate surface area is 209 Å². The Balaban J connectivity index is 1.48. The molecule has 2 aromatic heterocycles. The molecule has 34 heavy (non-hydrogen) atoms. The number of hydrogen-bond acceptors (Lipinski definition) is 5. The molecule has 5 rings (SSSR count). The van der Waals surface area contributed by atoms with Crippen molar-refractivity contribution >= 4 is 40.3 Å². The number of carbonyl (C=O) groups excluding carboxylic acids is 1. The maximum Gasteiger partial charge on any atom is 0.411 e. The Hall–Kier alpha value is -2.35. The summed E-state index contributed by atoms with van der Waals surface area (Å²) in [6.45, 7) is 6.13. The molecular weight excluding hydrogens is 475 g/mol. The van der Waals surface area contributed by atoms with Crippen molar-refractivity contribution in [2.45, 2.75) is 70.2 Å². The fraction of sp³-hybridized carbons (Fsp3) is 0.480. The summed E-state index contributed by atoms with van der Waals surface area (Å²) in [6.07, 6.45) is 5.30. The van der Waals surface area contributed by atoms with E-state index in [9.17, 15) is 4.79 Å². The maximum atomic E-state index is 13.3. The number of nitrogens with zero attached hydrogens (tertiary/aromatic N) is 4. The van der Waals surface area contributed by atoms with E-state index < -0.39 is 5.60 Å². The standard InChI is InChI=1S/C25H28Cl2N4O3/c1-25(2,3)34-24(32)31-18-6-4-5-7-20(18)33-13-19(31)15-8-10-16(11-9-15)30-21(26)12-17-22(27)28-14-29-23(17)30/h8-12,14,18-20H,4-7,13H2,1-3H3. The highest BCUT2D eigenvalue weighted by molar-refractivity contribution is 6.36. The molecule has 1 saturated heterocycles.